The quantitative estimate of drug-likeness (QED) is 0.631. The van der Waals surface area contributed by atoms with E-state index in [9.17, 15) is 4.39 Å². The van der Waals surface area contributed by atoms with Gasteiger partial charge in [0.2, 0.25) is 0 Å². The van der Waals surface area contributed by atoms with E-state index in [0.29, 0.717) is 10.7 Å². The van der Waals surface area contributed by atoms with E-state index in [-0.39, 0.29) is 5.82 Å². The zero-order valence-electron chi connectivity index (χ0n) is 5.93. The Balaban J connectivity index is 2.25. The third-order valence-corrected chi connectivity index (χ3v) is 3.00. The molecule has 0 radical (unpaired) electrons. The third kappa shape index (κ3) is 1.45. The minimum atomic E-state index is -0.130. The molecule has 0 bridgehead atoms. The summed E-state index contributed by atoms with van der Waals surface area (Å²) in [4.78, 5) is 0.573. The Morgan fingerprint density at radius 1 is 1.45 bits per heavy atom. The van der Waals surface area contributed by atoms with Crippen molar-refractivity contribution in [2.45, 2.75) is 17.2 Å². The number of halogens is 2. The van der Waals surface area contributed by atoms with E-state index in [4.69, 9.17) is 0 Å². The van der Waals surface area contributed by atoms with Crippen LogP contribution in [0.15, 0.2) is 24.3 Å². The molecule has 2 rings (SSSR count). The van der Waals surface area contributed by atoms with Gasteiger partial charge in [-0.3, -0.25) is 0 Å². The van der Waals surface area contributed by atoms with E-state index in [1.165, 1.54) is 6.07 Å². The summed E-state index contributed by atoms with van der Waals surface area (Å²) in [6, 6.07) is 6.85. The average Bonchev–Trinajstić information content (AvgIpc) is 2.67. The number of hydrogen-bond donors (Lipinski definition) is 0. The Kier molecular flexibility index (Phi) is 1.72. The molecule has 0 heterocycles. The maximum absolute atomic E-state index is 12.7. The van der Waals surface area contributed by atoms with Crippen LogP contribution >= 0.6 is 15.9 Å². The summed E-state index contributed by atoms with van der Waals surface area (Å²) in [6.07, 6.45) is 1.14. The molecule has 58 valence electrons. The fraction of sp³-hybridized carbons (Fsp3) is 0.333. The van der Waals surface area contributed by atoms with Crippen molar-refractivity contribution in [2.24, 2.45) is 0 Å². The molecule has 1 aliphatic rings. The first kappa shape index (κ1) is 7.29. The van der Waals surface area contributed by atoms with Gasteiger partial charge in [0.05, 0.1) is 0 Å². The number of alkyl halides is 1. The second-order valence-electron chi connectivity index (χ2n) is 2.91. The Labute approximate surface area is 73.6 Å². The molecule has 2 heteroatoms. The smallest absolute Gasteiger partial charge is 0.123 e. The highest BCUT2D eigenvalue weighted by molar-refractivity contribution is 9.09. The molecule has 0 nitrogen and oxygen atoms in total. The molecule has 11 heavy (non-hydrogen) atoms. The highest BCUT2D eigenvalue weighted by Crippen LogP contribution is 2.46. The minimum Gasteiger partial charge on any atom is -0.207 e. The molecular weight excluding hydrogens is 207 g/mol. The molecule has 0 spiro atoms. The van der Waals surface area contributed by atoms with Crippen LogP contribution in [-0.2, 0) is 0 Å². The van der Waals surface area contributed by atoms with Gasteiger partial charge in [-0.25, -0.2) is 4.39 Å². The first-order valence-corrected chi connectivity index (χ1v) is 4.58. The van der Waals surface area contributed by atoms with Crippen molar-refractivity contribution in [1.82, 2.24) is 0 Å². The van der Waals surface area contributed by atoms with E-state index in [0.717, 1.165) is 12.0 Å². The van der Waals surface area contributed by atoms with Gasteiger partial charge in [0.15, 0.2) is 0 Å². The van der Waals surface area contributed by atoms with Gasteiger partial charge in [0.25, 0.3) is 0 Å². The first-order chi connectivity index (χ1) is 5.27. The van der Waals surface area contributed by atoms with Crippen LogP contribution in [0.3, 0.4) is 0 Å². The number of benzene rings is 1. The van der Waals surface area contributed by atoms with E-state index in [2.05, 4.69) is 15.9 Å². The topological polar surface area (TPSA) is 0 Å². The molecule has 0 N–H and O–H groups in total. The number of hydrogen-bond acceptors (Lipinski definition) is 0. The van der Waals surface area contributed by atoms with Gasteiger partial charge in [-0.15, -0.1) is 0 Å². The first-order valence-electron chi connectivity index (χ1n) is 3.67. The molecule has 2 atom stereocenters. The third-order valence-electron chi connectivity index (χ3n) is 1.99. The van der Waals surface area contributed by atoms with E-state index < -0.39 is 0 Å². The van der Waals surface area contributed by atoms with Crippen LogP contribution in [0.4, 0.5) is 4.39 Å². The molecular formula is C9H8BrF. The van der Waals surface area contributed by atoms with Crippen molar-refractivity contribution in [3.63, 3.8) is 0 Å². The molecule has 1 saturated carbocycles. The summed E-state index contributed by atoms with van der Waals surface area (Å²) in [6.45, 7) is 0. The molecule has 1 fully saturated rings. The number of rotatable bonds is 1. The normalized spacial score (nSPS) is 28.5. The molecule has 1 aromatic rings. The van der Waals surface area contributed by atoms with Gasteiger partial charge in [0, 0.05) is 4.83 Å². The van der Waals surface area contributed by atoms with Crippen LogP contribution in [0.5, 0.6) is 0 Å². The zero-order valence-corrected chi connectivity index (χ0v) is 7.51. The lowest BCUT2D eigenvalue weighted by atomic mass is 10.1. The molecule has 0 amide bonds. The van der Waals surface area contributed by atoms with Crippen LogP contribution in [0.1, 0.15) is 17.9 Å². The second-order valence-corrected chi connectivity index (χ2v) is 4.09. The summed E-state index contributed by atoms with van der Waals surface area (Å²) in [5.41, 5.74) is 1.12. The Morgan fingerprint density at radius 2 is 2.18 bits per heavy atom. The lowest BCUT2D eigenvalue weighted by Crippen LogP contribution is -1.82. The highest BCUT2D eigenvalue weighted by atomic mass is 79.9. The van der Waals surface area contributed by atoms with Crippen LogP contribution in [0, 0.1) is 5.82 Å². The van der Waals surface area contributed by atoms with E-state index >= 15 is 0 Å². The fourth-order valence-electron chi connectivity index (χ4n) is 1.25. The molecule has 2 unspecified atom stereocenters. The van der Waals surface area contributed by atoms with Gasteiger partial charge in [0.1, 0.15) is 5.82 Å². The van der Waals surface area contributed by atoms with Crippen molar-refractivity contribution in [2.75, 3.05) is 0 Å². The highest BCUT2D eigenvalue weighted by Gasteiger charge is 2.35. The summed E-state index contributed by atoms with van der Waals surface area (Å²) < 4.78 is 12.7. The lowest BCUT2D eigenvalue weighted by Gasteiger charge is -1.96. The van der Waals surface area contributed by atoms with Crippen molar-refractivity contribution in [3.8, 4) is 0 Å². The van der Waals surface area contributed by atoms with Crippen molar-refractivity contribution in [1.29, 1.82) is 0 Å². The van der Waals surface area contributed by atoms with Crippen LogP contribution in [-0.4, -0.2) is 4.83 Å². The van der Waals surface area contributed by atoms with Crippen molar-refractivity contribution >= 4 is 15.9 Å². The Bertz CT molecular complexity index is 272. The van der Waals surface area contributed by atoms with Crippen LogP contribution in [0.2, 0.25) is 0 Å². The zero-order chi connectivity index (χ0) is 7.84. The van der Waals surface area contributed by atoms with Gasteiger partial charge in [-0.2, -0.15) is 0 Å². The summed E-state index contributed by atoms with van der Waals surface area (Å²) in [5, 5.41) is 0. The van der Waals surface area contributed by atoms with Gasteiger partial charge < -0.3 is 0 Å². The Hall–Kier alpha value is -0.370. The predicted molar refractivity (Wildman–Crippen MR) is 46.5 cm³/mol. The predicted octanol–water partition coefficient (Wildman–Crippen LogP) is 3.08. The maximum Gasteiger partial charge on any atom is 0.123 e. The largest absolute Gasteiger partial charge is 0.207 e. The van der Waals surface area contributed by atoms with Gasteiger partial charge in [-0.1, -0.05) is 28.1 Å². The maximum atomic E-state index is 12.7. The monoisotopic (exact) mass is 214 g/mol. The van der Waals surface area contributed by atoms with Crippen LogP contribution < -0.4 is 0 Å². The van der Waals surface area contributed by atoms with Crippen molar-refractivity contribution < 1.29 is 4.39 Å². The van der Waals surface area contributed by atoms with Gasteiger partial charge in [-0.05, 0) is 30.0 Å². The van der Waals surface area contributed by atoms with Gasteiger partial charge >= 0.3 is 0 Å². The van der Waals surface area contributed by atoms with E-state index in [1.54, 1.807) is 12.1 Å². The standard InChI is InChI=1S/C9H8BrF/c10-9-5-8(9)6-2-1-3-7(11)4-6/h1-4,8-9H,5H2. The average molecular weight is 215 g/mol. The summed E-state index contributed by atoms with van der Waals surface area (Å²) in [5.74, 6) is 0.416. The fourth-order valence-corrected chi connectivity index (χ4v) is 1.95. The Morgan fingerprint density at radius 3 is 2.73 bits per heavy atom. The SMILES string of the molecule is Fc1cccc(C2CC2Br)c1. The van der Waals surface area contributed by atoms with Crippen LogP contribution in [0.25, 0.3) is 0 Å². The molecule has 0 aromatic heterocycles. The minimum absolute atomic E-state index is 0.130. The van der Waals surface area contributed by atoms with E-state index in [1.807, 2.05) is 6.07 Å². The molecule has 1 aromatic carbocycles. The molecule has 0 saturated heterocycles. The summed E-state index contributed by atoms with van der Waals surface area (Å²) >= 11 is 3.49. The molecule has 0 aliphatic heterocycles. The second kappa shape index (κ2) is 2.59. The lowest BCUT2D eigenvalue weighted by molar-refractivity contribution is 0.625. The molecule has 1 aliphatic carbocycles. The van der Waals surface area contributed by atoms with Crippen molar-refractivity contribution in [3.05, 3.63) is 35.6 Å². The summed E-state index contributed by atoms with van der Waals surface area (Å²) in [7, 11) is 0.